The highest BCUT2D eigenvalue weighted by Gasteiger charge is 2.07. The van der Waals surface area contributed by atoms with Gasteiger partial charge in [0.15, 0.2) is 0 Å². The maximum absolute atomic E-state index is 6.03. The number of nitrogen functional groups attached to an aromatic ring is 1. The molecule has 1 aromatic carbocycles. The fraction of sp³-hybridized carbons (Fsp3) is 0.214. The highest BCUT2D eigenvalue weighted by molar-refractivity contribution is 6.38. The number of pyridine rings is 1. The van der Waals surface area contributed by atoms with Gasteiger partial charge < -0.3 is 5.73 Å². The largest absolute Gasteiger partial charge is 0.396 e. The van der Waals surface area contributed by atoms with Crippen LogP contribution in [0.4, 0.5) is 5.69 Å². The van der Waals surface area contributed by atoms with Crippen molar-refractivity contribution >= 4 is 28.9 Å². The number of rotatable bonds is 4. The minimum atomic E-state index is 0.434. The highest BCUT2D eigenvalue weighted by atomic mass is 35.5. The van der Waals surface area contributed by atoms with Crippen LogP contribution in [-0.4, -0.2) is 16.9 Å². The average Bonchev–Trinajstić information content (AvgIpc) is 2.37. The van der Waals surface area contributed by atoms with E-state index in [0.29, 0.717) is 15.7 Å². The Hall–Kier alpha value is -1.29. The van der Waals surface area contributed by atoms with Gasteiger partial charge >= 0.3 is 0 Å². The van der Waals surface area contributed by atoms with Crippen molar-refractivity contribution < 1.29 is 0 Å². The quantitative estimate of drug-likeness (QED) is 0.876. The van der Waals surface area contributed by atoms with E-state index in [2.05, 4.69) is 9.88 Å². The van der Waals surface area contributed by atoms with Gasteiger partial charge in [0.1, 0.15) is 0 Å². The molecule has 2 rings (SSSR count). The molecule has 0 aliphatic heterocycles. The second-order valence-electron chi connectivity index (χ2n) is 4.50. The van der Waals surface area contributed by atoms with Crippen LogP contribution in [0.5, 0.6) is 0 Å². The lowest BCUT2D eigenvalue weighted by molar-refractivity contribution is 0.319. The van der Waals surface area contributed by atoms with Crippen molar-refractivity contribution in [2.45, 2.75) is 13.1 Å². The van der Waals surface area contributed by atoms with E-state index in [4.69, 9.17) is 28.9 Å². The smallest absolute Gasteiger partial charge is 0.0693 e. The summed E-state index contributed by atoms with van der Waals surface area (Å²) >= 11 is 12.1. The Bertz CT molecular complexity index is 535. The molecule has 3 nitrogen and oxygen atoms in total. The zero-order chi connectivity index (χ0) is 13.8. The van der Waals surface area contributed by atoms with E-state index >= 15 is 0 Å². The number of nitrogens with zero attached hydrogens (tertiary/aromatic N) is 2. The molecule has 0 fully saturated rings. The van der Waals surface area contributed by atoms with Crippen LogP contribution < -0.4 is 5.73 Å². The molecule has 0 aliphatic carbocycles. The van der Waals surface area contributed by atoms with Crippen LogP contribution in [0.15, 0.2) is 36.7 Å². The summed E-state index contributed by atoms with van der Waals surface area (Å²) in [6.45, 7) is 1.59. The fourth-order valence-electron chi connectivity index (χ4n) is 1.90. The van der Waals surface area contributed by atoms with Gasteiger partial charge in [0.2, 0.25) is 0 Å². The Morgan fingerprint density at radius 2 is 1.58 bits per heavy atom. The standard InChI is InChI=1S/C14H15Cl2N3/c1-19(8-10-2-4-18-5-3-10)9-11-6-12(15)14(17)13(16)7-11/h2-7H,8-9,17H2,1H3. The molecular formula is C14H15Cl2N3. The first kappa shape index (κ1) is 14.1. The highest BCUT2D eigenvalue weighted by Crippen LogP contribution is 2.29. The molecule has 0 aliphatic rings. The summed E-state index contributed by atoms with van der Waals surface area (Å²) in [6.07, 6.45) is 3.58. The zero-order valence-electron chi connectivity index (χ0n) is 10.6. The number of benzene rings is 1. The van der Waals surface area contributed by atoms with Gasteiger partial charge in [-0.25, -0.2) is 0 Å². The molecule has 0 bridgehead atoms. The molecule has 2 N–H and O–H groups in total. The molecular weight excluding hydrogens is 281 g/mol. The SMILES string of the molecule is CN(Cc1ccncc1)Cc1cc(Cl)c(N)c(Cl)c1. The van der Waals surface area contributed by atoms with Crippen LogP contribution in [0.1, 0.15) is 11.1 Å². The molecule has 19 heavy (non-hydrogen) atoms. The summed E-state index contributed by atoms with van der Waals surface area (Å²) in [5.41, 5.74) is 8.41. The molecule has 0 spiro atoms. The topological polar surface area (TPSA) is 42.2 Å². The summed E-state index contributed by atoms with van der Waals surface area (Å²) in [5.74, 6) is 0. The monoisotopic (exact) mass is 295 g/mol. The number of hydrogen-bond donors (Lipinski definition) is 1. The molecule has 100 valence electrons. The summed E-state index contributed by atoms with van der Waals surface area (Å²) in [4.78, 5) is 6.18. The van der Waals surface area contributed by atoms with E-state index in [1.165, 1.54) is 5.56 Å². The maximum atomic E-state index is 6.03. The van der Waals surface area contributed by atoms with Gasteiger partial charge in [-0.2, -0.15) is 0 Å². The van der Waals surface area contributed by atoms with Gasteiger partial charge in [-0.3, -0.25) is 9.88 Å². The van der Waals surface area contributed by atoms with Gasteiger partial charge in [0.05, 0.1) is 15.7 Å². The Balaban J connectivity index is 2.05. The van der Waals surface area contributed by atoms with Gasteiger partial charge in [0.25, 0.3) is 0 Å². The molecule has 0 unspecified atom stereocenters. The first-order valence-corrected chi connectivity index (χ1v) is 6.62. The van der Waals surface area contributed by atoms with E-state index in [1.807, 2.05) is 31.3 Å². The van der Waals surface area contributed by atoms with Crippen molar-refractivity contribution in [2.24, 2.45) is 0 Å². The van der Waals surface area contributed by atoms with Gasteiger partial charge in [0, 0.05) is 25.5 Å². The van der Waals surface area contributed by atoms with Gasteiger partial charge in [-0.05, 0) is 42.4 Å². The summed E-state index contributed by atoms with van der Waals surface area (Å²) < 4.78 is 0. The number of halogens is 2. The van der Waals surface area contributed by atoms with Crippen molar-refractivity contribution in [3.63, 3.8) is 0 Å². The molecule has 0 saturated heterocycles. The van der Waals surface area contributed by atoms with Crippen molar-refractivity contribution in [3.05, 3.63) is 57.8 Å². The number of aromatic nitrogens is 1. The predicted molar refractivity (Wildman–Crippen MR) is 80.3 cm³/mol. The van der Waals surface area contributed by atoms with Crippen LogP contribution in [0, 0.1) is 0 Å². The Kier molecular flexibility index (Phi) is 4.64. The molecule has 0 atom stereocenters. The lowest BCUT2D eigenvalue weighted by Crippen LogP contribution is -2.17. The first-order chi connectivity index (χ1) is 9.06. The summed E-state index contributed by atoms with van der Waals surface area (Å²) in [5, 5.41) is 1.000. The molecule has 1 heterocycles. The minimum Gasteiger partial charge on any atom is -0.396 e. The third-order valence-corrected chi connectivity index (χ3v) is 3.42. The van der Waals surface area contributed by atoms with E-state index in [9.17, 15) is 0 Å². The second-order valence-corrected chi connectivity index (χ2v) is 5.32. The molecule has 0 radical (unpaired) electrons. The first-order valence-electron chi connectivity index (χ1n) is 5.87. The van der Waals surface area contributed by atoms with E-state index < -0.39 is 0 Å². The van der Waals surface area contributed by atoms with Crippen LogP contribution in [0.25, 0.3) is 0 Å². The van der Waals surface area contributed by atoms with Crippen LogP contribution in [0.2, 0.25) is 10.0 Å². The third-order valence-electron chi connectivity index (χ3n) is 2.79. The molecule has 0 saturated carbocycles. The van der Waals surface area contributed by atoms with E-state index in [0.717, 1.165) is 18.7 Å². The Morgan fingerprint density at radius 1 is 1.05 bits per heavy atom. The average molecular weight is 296 g/mol. The Labute approximate surface area is 123 Å². The van der Waals surface area contributed by atoms with Crippen molar-refractivity contribution in [2.75, 3.05) is 12.8 Å². The van der Waals surface area contributed by atoms with Crippen molar-refractivity contribution in [3.8, 4) is 0 Å². The number of hydrogen-bond acceptors (Lipinski definition) is 3. The van der Waals surface area contributed by atoms with Crippen LogP contribution >= 0.6 is 23.2 Å². The fourth-order valence-corrected chi connectivity index (χ4v) is 2.43. The van der Waals surface area contributed by atoms with E-state index in [1.54, 1.807) is 12.4 Å². The molecule has 1 aromatic heterocycles. The van der Waals surface area contributed by atoms with Crippen LogP contribution in [-0.2, 0) is 13.1 Å². The van der Waals surface area contributed by atoms with Crippen molar-refractivity contribution in [1.82, 2.24) is 9.88 Å². The van der Waals surface area contributed by atoms with E-state index in [-0.39, 0.29) is 0 Å². The lowest BCUT2D eigenvalue weighted by atomic mass is 10.2. The lowest BCUT2D eigenvalue weighted by Gasteiger charge is -2.17. The minimum absolute atomic E-state index is 0.434. The number of nitrogens with two attached hydrogens (primary N) is 1. The number of anilines is 1. The maximum Gasteiger partial charge on any atom is 0.0693 e. The molecule has 5 heteroatoms. The van der Waals surface area contributed by atoms with Gasteiger partial charge in [-0.15, -0.1) is 0 Å². The summed E-state index contributed by atoms with van der Waals surface area (Å²) in [6, 6.07) is 7.70. The molecule has 0 amide bonds. The summed E-state index contributed by atoms with van der Waals surface area (Å²) in [7, 11) is 2.04. The van der Waals surface area contributed by atoms with Crippen molar-refractivity contribution in [1.29, 1.82) is 0 Å². The van der Waals surface area contributed by atoms with Crippen LogP contribution in [0.3, 0.4) is 0 Å². The zero-order valence-corrected chi connectivity index (χ0v) is 12.1. The van der Waals surface area contributed by atoms with Gasteiger partial charge in [-0.1, -0.05) is 23.2 Å². The normalized spacial score (nSPS) is 10.9. The predicted octanol–water partition coefficient (Wildman–Crippen LogP) is 3.60. The molecule has 2 aromatic rings. The third kappa shape index (κ3) is 3.83. The Morgan fingerprint density at radius 3 is 2.16 bits per heavy atom. The second kappa shape index (κ2) is 6.24.